The summed E-state index contributed by atoms with van der Waals surface area (Å²) in [4.78, 5) is 21.2. The van der Waals surface area contributed by atoms with Crippen molar-refractivity contribution in [1.82, 2.24) is 15.3 Å². The molecule has 0 saturated heterocycles. The van der Waals surface area contributed by atoms with Gasteiger partial charge < -0.3 is 5.32 Å². The third-order valence-electron chi connectivity index (χ3n) is 4.25. The van der Waals surface area contributed by atoms with Crippen LogP contribution < -0.4 is 5.32 Å². The molecule has 3 rings (SSSR count). The van der Waals surface area contributed by atoms with Crippen LogP contribution in [0.2, 0.25) is 0 Å². The predicted octanol–water partition coefficient (Wildman–Crippen LogP) is 3.36. The van der Waals surface area contributed by atoms with Crippen molar-refractivity contribution in [2.75, 3.05) is 5.75 Å². The Morgan fingerprint density at radius 3 is 2.55 bits per heavy atom. The van der Waals surface area contributed by atoms with Crippen molar-refractivity contribution in [3.8, 4) is 0 Å². The standard InChI is InChI=1S/C21H21N3O3S2/c1-16(29(26,27)18-8-3-2-4-9-18)15-28-21-19(10-6-12-23-21)20(25)24-14-17-7-5-11-22-13-17/h2-13,16H,14-15H2,1H3,(H,24,25). The molecule has 0 aliphatic heterocycles. The molecule has 0 fully saturated rings. The Morgan fingerprint density at radius 2 is 1.83 bits per heavy atom. The maximum atomic E-state index is 12.7. The molecule has 150 valence electrons. The maximum absolute atomic E-state index is 12.7. The van der Waals surface area contributed by atoms with Gasteiger partial charge in [-0.05, 0) is 42.8 Å². The number of carbonyl (C=O) groups is 1. The highest BCUT2D eigenvalue weighted by Gasteiger charge is 2.24. The third kappa shape index (κ3) is 5.42. The molecular formula is C21H21N3O3S2. The number of rotatable bonds is 8. The van der Waals surface area contributed by atoms with E-state index in [-0.39, 0.29) is 11.7 Å². The molecule has 6 nitrogen and oxygen atoms in total. The lowest BCUT2D eigenvalue weighted by Crippen LogP contribution is -2.24. The third-order valence-corrected chi connectivity index (χ3v) is 7.88. The van der Waals surface area contributed by atoms with Gasteiger partial charge in [0.15, 0.2) is 9.84 Å². The largest absolute Gasteiger partial charge is 0.348 e. The van der Waals surface area contributed by atoms with Gasteiger partial charge in [-0.3, -0.25) is 9.78 Å². The van der Waals surface area contributed by atoms with Crippen molar-refractivity contribution in [2.24, 2.45) is 0 Å². The molecule has 2 aromatic heterocycles. The van der Waals surface area contributed by atoms with Gasteiger partial charge in [0.25, 0.3) is 5.91 Å². The first-order valence-corrected chi connectivity index (χ1v) is 11.6. The van der Waals surface area contributed by atoms with Crippen molar-refractivity contribution < 1.29 is 13.2 Å². The van der Waals surface area contributed by atoms with Crippen molar-refractivity contribution >= 4 is 27.5 Å². The Hall–Kier alpha value is -2.71. The molecular weight excluding hydrogens is 406 g/mol. The second-order valence-electron chi connectivity index (χ2n) is 6.38. The van der Waals surface area contributed by atoms with Crippen LogP contribution in [0.3, 0.4) is 0 Å². The maximum Gasteiger partial charge on any atom is 0.254 e. The lowest BCUT2D eigenvalue weighted by atomic mass is 10.2. The van der Waals surface area contributed by atoms with E-state index in [1.54, 1.807) is 74.0 Å². The summed E-state index contributed by atoms with van der Waals surface area (Å²) < 4.78 is 25.4. The SMILES string of the molecule is CC(CSc1ncccc1C(=O)NCc1cccnc1)S(=O)(=O)c1ccccc1. The molecule has 0 spiro atoms. The van der Waals surface area contributed by atoms with Crippen LogP contribution in [0.15, 0.2) is 83.1 Å². The van der Waals surface area contributed by atoms with Crippen LogP contribution in [0.25, 0.3) is 0 Å². The molecule has 1 atom stereocenters. The van der Waals surface area contributed by atoms with Crippen LogP contribution in [0.1, 0.15) is 22.8 Å². The van der Waals surface area contributed by atoms with E-state index in [0.717, 1.165) is 5.56 Å². The minimum Gasteiger partial charge on any atom is -0.348 e. The van der Waals surface area contributed by atoms with Crippen LogP contribution >= 0.6 is 11.8 Å². The number of nitrogens with one attached hydrogen (secondary N) is 1. The van der Waals surface area contributed by atoms with Gasteiger partial charge in [0.05, 0.1) is 15.7 Å². The van der Waals surface area contributed by atoms with E-state index in [2.05, 4.69) is 15.3 Å². The van der Waals surface area contributed by atoms with Gasteiger partial charge in [0.1, 0.15) is 5.03 Å². The summed E-state index contributed by atoms with van der Waals surface area (Å²) in [5.74, 6) is 0.0277. The fourth-order valence-corrected chi connectivity index (χ4v) is 5.35. The van der Waals surface area contributed by atoms with E-state index in [1.807, 2.05) is 6.07 Å². The van der Waals surface area contributed by atoms with Gasteiger partial charge in [-0.15, -0.1) is 11.8 Å². The first-order valence-electron chi connectivity index (χ1n) is 9.02. The summed E-state index contributed by atoms with van der Waals surface area (Å²) in [6, 6.07) is 15.4. The lowest BCUT2D eigenvalue weighted by Gasteiger charge is -2.14. The number of nitrogens with zero attached hydrogens (tertiary/aromatic N) is 2. The molecule has 0 aliphatic carbocycles. The number of carbonyl (C=O) groups excluding carboxylic acids is 1. The lowest BCUT2D eigenvalue weighted by molar-refractivity contribution is 0.0947. The highest BCUT2D eigenvalue weighted by Crippen LogP contribution is 2.25. The topological polar surface area (TPSA) is 89.0 Å². The van der Waals surface area contributed by atoms with Gasteiger partial charge in [-0.1, -0.05) is 24.3 Å². The molecule has 1 unspecified atom stereocenters. The number of pyridine rings is 2. The smallest absolute Gasteiger partial charge is 0.254 e. The van der Waals surface area contributed by atoms with Crippen LogP contribution in [0.5, 0.6) is 0 Å². The van der Waals surface area contributed by atoms with E-state index in [1.165, 1.54) is 11.8 Å². The molecule has 3 aromatic rings. The zero-order chi connectivity index (χ0) is 20.7. The number of sulfone groups is 1. The number of amides is 1. The summed E-state index contributed by atoms with van der Waals surface area (Å²) >= 11 is 1.26. The minimum atomic E-state index is -3.44. The second-order valence-corrected chi connectivity index (χ2v) is 9.75. The first-order chi connectivity index (χ1) is 14.0. The minimum absolute atomic E-state index is 0.261. The van der Waals surface area contributed by atoms with E-state index < -0.39 is 15.1 Å². The van der Waals surface area contributed by atoms with Crippen LogP contribution in [0.4, 0.5) is 0 Å². The van der Waals surface area contributed by atoms with Crippen LogP contribution in [-0.2, 0) is 16.4 Å². The number of thioether (sulfide) groups is 1. The molecule has 29 heavy (non-hydrogen) atoms. The molecule has 2 heterocycles. The van der Waals surface area contributed by atoms with Crippen molar-refractivity contribution in [2.45, 2.75) is 28.6 Å². The van der Waals surface area contributed by atoms with E-state index in [4.69, 9.17) is 0 Å². The summed E-state index contributed by atoms with van der Waals surface area (Å²) in [6.07, 6.45) is 4.96. The summed E-state index contributed by atoms with van der Waals surface area (Å²) in [5, 5.41) is 2.73. The Bertz CT molecular complexity index is 1060. The first kappa shape index (κ1) is 21.0. The fraction of sp³-hybridized carbons (Fsp3) is 0.190. The van der Waals surface area contributed by atoms with E-state index >= 15 is 0 Å². The summed E-state index contributed by atoms with van der Waals surface area (Å²) in [5.41, 5.74) is 1.31. The zero-order valence-corrected chi connectivity index (χ0v) is 17.5. The van der Waals surface area contributed by atoms with Crippen molar-refractivity contribution in [3.63, 3.8) is 0 Å². The summed E-state index contributed by atoms with van der Waals surface area (Å²) in [7, 11) is -3.44. The van der Waals surface area contributed by atoms with Gasteiger partial charge in [0, 0.05) is 30.9 Å². The van der Waals surface area contributed by atoms with Gasteiger partial charge in [-0.2, -0.15) is 0 Å². The molecule has 0 bridgehead atoms. The quantitative estimate of drug-likeness (QED) is 0.555. The van der Waals surface area contributed by atoms with Crippen LogP contribution in [0, 0.1) is 0 Å². The Morgan fingerprint density at radius 1 is 1.07 bits per heavy atom. The number of aromatic nitrogens is 2. The number of hydrogen-bond acceptors (Lipinski definition) is 6. The second kappa shape index (κ2) is 9.67. The molecule has 0 aliphatic rings. The molecule has 0 saturated carbocycles. The average Bonchev–Trinajstić information content (AvgIpc) is 2.77. The van der Waals surface area contributed by atoms with Gasteiger partial charge in [-0.25, -0.2) is 13.4 Å². The molecule has 1 aromatic carbocycles. The van der Waals surface area contributed by atoms with Crippen molar-refractivity contribution in [3.05, 3.63) is 84.3 Å². The van der Waals surface area contributed by atoms with E-state index in [0.29, 0.717) is 22.0 Å². The molecule has 8 heteroatoms. The molecule has 1 amide bonds. The molecule has 0 radical (unpaired) electrons. The van der Waals surface area contributed by atoms with Crippen LogP contribution in [-0.4, -0.2) is 35.3 Å². The Balaban J connectivity index is 1.67. The van der Waals surface area contributed by atoms with Gasteiger partial charge >= 0.3 is 0 Å². The molecule has 1 N–H and O–H groups in total. The zero-order valence-electron chi connectivity index (χ0n) is 15.9. The predicted molar refractivity (Wildman–Crippen MR) is 113 cm³/mol. The highest BCUT2D eigenvalue weighted by atomic mass is 32.2. The van der Waals surface area contributed by atoms with Gasteiger partial charge in [0.2, 0.25) is 0 Å². The monoisotopic (exact) mass is 427 g/mol. The Labute approximate surface area is 174 Å². The fourth-order valence-electron chi connectivity index (χ4n) is 2.59. The average molecular weight is 428 g/mol. The van der Waals surface area contributed by atoms with Crippen molar-refractivity contribution in [1.29, 1.82) is 0 Å². The Kier molecular flexibility index (Phi) is 7.00. The number of benzene rings is 1. The normalized spacial score (nSPS) is 12.3. The number of hydrogen-bond donors (Lipinski definition) is 1. The summed E-state index contributed by atoms with van der Waals surface area (Å²) in [6.45, 7) is 2.02. The highest BCUT2D eigenvalue weighted by molar-refractivity contribution is 8.00. The van der Waals surface area contributed by atoms with E-state index in [9.17, 15) is 13.2 Å².